The Hall–Kier alpha value is -1.32. The first-order chi connectivity index (χ1) is 8.09. The summed E-state index contributed by atoms with van der Waals surface area (Å²) in [6.07, 6.45) is 6.72. The van der Waals surface area contributed by atoms with E-state index in [1.165, 1.54) is 12.8 Å². The topological polar surface area (TPSA) is 40.6 Å². The van der Waals surface area contributed by atoms with E-state index >= 15 is 0 Å². The average Bonchev–Trinajstić information content (AvgIpc) is 2.77. The summed E-state index contributed by atoms with van der Waals surface area (Å²) in [5.74, 6) is -0.0835. The van der Waals surface area contributed by atoms with Crippen molar-refractivity contribution in [3.63, 3.8) is 0 Å². The lowest BCUT2D eigenvalue weighted by Crippen LogP contribution is -2.46. The molecule has 1 saturated carbocycles. The number of rotatable bonds is 2. The number of nitrogens with zero attached hydrogens (tertiary/aromatic N) is 2. The minimum Gasteiger partial charge on any atom is -0.383 e. The van der Waals surface area contributed by atoms with E-state index in [1.54, 1.807) is 11.1 Å². The highest BCUT2D eigenvalue weighted by Crippen LogP contribution is 2.27. The van der Waals surface area contributed by atoms with Crippen LogP contribution in [0.1, 0.15) is 32.1 Å². The molecule has 1 heterocycles. The number of Topliss-reactive ketones (excluding diaryl/α,β-unsaturated/α-hetero) is 1. The zero-order valence-corrected chi connectivity index (χ0v) is 10.6. The van der Waals surface area contributed by atoms with Crippen molar-refractivity contribution >= 4 is 11.7 Å². The van der Waals surface area contributed by atoms with Gasteiger partial charge in [-0.3, -0.25) is 9.59 Å². The molecule has 17 heavy (non-hydrogen) atoms. The highest BCUT2D eigenvalue weighted by Gasteiger charge is 2.35. The van der Waals surface area contributed by atoms with Crippen molar-refractivity contribution in [2.24, 2.45) is 0 Å². The zero-order valence-electron chi connectivity index (χ0n) is 10.6. The Morgan fingerprint density at radius 1 is 1.24 bits per heavy atom. The summed E-state index contributed by atoms with van der Waals surface area (Å²) in [5.41, 5.74) is 0.355. The highest BCUT2D eigenvalue weighted by molar-refractivity contribution is 6.20. The Morgan fingerprint density at radius 3 is 2.47 bits per heavy atom. The van der Waals surface area contributed by atoms with Crippen LogP contribution in [0.4, 0.5) is 0 Å². The average molecular weight is 236 g/mol. The van der Waals surface area contributed by atoms with Crippen molar-refractivity contribution in [3.05, 3.63) is 11.8 Å². The van der Waals surface area contributed by atoms with Crippen molar-refractivity contribution in [1.29, 1.82) is 0 Å². The number of likely N-dealkylation sites (tertiary alicyclic amines) is 1. The Labute approximate surface area is 102 Å². The minimum atomic E-state index is -0.0677. The smallest absolute Gasteiger partial charge is 0.259 e. The molecule has 2 aliphatic rings. The molecule has 2 fully saturated rings. The van der Waals surface area contributed by atoms with Crippen LogP contribution in [-0.2, 0) is 9.59 Å². The Kier molecular flexibility index (Phi) is 3.50. The van der Waals surface area contributed by atoms with Crippen molar-refractivity contribution in [3.8, 4) is 0 Å². The third-order valence-corrected chi connectivity index (χ3v) is 3.52. The number of hydrogen-bond donors (Lipinski definition) is 0. The molecule has 0 aromatic rings. The second-order valence-corrected chi connectivity index (χ2v) is 5.12. The van der Waals surface area contributed by atoms with E-state index in [-0.39, 0.29) is 11.7 Å². The Balaban J connectivity index is 2.16. The van der Waals surface area contributed by atoms with E-state index in [1.807, 2.05) is 19.0 Å². The van der Waals surface area contributed by atoms with Crippen molar-refractivity contribution in [2.75, 3.05) is 20.6 Å². The van der Waals surface area contributed by atoms with E-state index in [4.69, 9.17) is 0 Å². The monoisotopic (exact) mass is 236 g/mol. The first-order valence-corrected chi connectivity index (χ1v) is 6.32. The van der Waals surface area contributed by atoms with Crippen LogP contribution < -0.4 is 0 Å². The molecule has 0 atom stereocenters. The van der Waals surface area contributed by atoms with Crippen LogP contribution in [-0.4, -0.2) is 48.2 Å². The van der Waals surface area contributed by atoms with Gasteiger partial charge in [-0.2, -0.15) is 0 Å². The van der Waals surface area contributed by atoms with Gasteiger partial charge in [0.25, 0.3) is 5.91 Å². The maximum atomic E-state index is 12.3. The van der Waals surface area contributed by atoms with Gasteiger partial charge in [-0.25, -0.2) is 0 Å². The molecule has 0 bridgehead atoms. The zero-order chi connectivity index (χ0) is 12.4. The largest absolute Gasteiger partial charge is 0.383 e. The van der Waals surface area contributed by atoms with Crippen LogP contribution >= 0.6 is 0 Å². The molecule has 0 aromatic heterocycles. The first-order valence-electron chi connectivity index (χ1n) is 6.32. The van der Waals surface area contributed by atoms with Crippen LogP contribution in [0.3, 0.4) is 0 Å². The summed E-state index contributed by atoms with van der Waals surface area (Å²) in [5, 5.41) is 0. The van der Waals surface area contributed by atoms with Gasteiger partial charge in [0.05, 0.1) is 5.57 Å². The third kappa shape index (κ3) is 2.51. The number of piperidine rings is 1. The molecule has 94 valence electrons. The molecule has 0 aromatic carbocycles. The number of amides is 1. The van der Waals surface area contributed by atoms with Crippen LogP contribution in [0.2, 0.25) is 0 Å². The van der Waals surface area contributed by atoms with E-state index in [2.05, 4.69) is 0 Å². The fourth-order valence-corrected chi connectivity index (χ4v) is 2.68. The molecular weight excluding hydrogens is 216 g/mol. The van der Waals surface area contributed by atoms with Crippen LogP contribution in [0, 0.1) is 0 Å². The van der Waals surface area contributed by atoms with Gasteiger partial charge in [0.2, 0.25) is 0 Å². The normalized spacial score (nSPS) is 24.8. The van der Waals surface area contributed by atoms with Gasteiger partial charge in [0, 0.05) is 39.3 Å². The highest BCUT2D eigenvalue weighted by atomic mass is 16.2. The van der Waals surface area contributed by atoms with E-state index in [0.717, 1.165) is 12.8 Å². The maximum Gasteiger partial charge on any atom is 0.259 e. The summed E-state index contributed by atoms with van der Waals surface area (Å²) < 4.78 is 0. The van der Waals surface area contributed by atoms with Crippen molar-refractivity contribution in [1.82, 2.24) is 9.80 Å². The minimum absolute atomic E-state index is 0.0158. The van der Waals surface area contributed by atoms with Gasteiger partial charge < -0.3 is 9.80 Å². The number of carbonyl (C=O) groups is 2. The van der Waals surface area contributed by atoms with E-state index in [9.17, 15) is 9.59 Å². The number of hydrogen-bond acceptors (Lipinski definition) is 3. The molecular formula is C13H20N2O2. The molecule has 1 aliphatic carbocycles. The van der Waals surface area contributed by atoms with Gasteiger partial charge in [0.15, 0.2) is 5.78 Å². The number of carbonyl (C=O) groups excluding carboxylic acids is 2. The van der Waals surface area contributed by atoms with Gasteiger partial charge in [-0.1, -0.05) is 12.8 Å². The summed E-state index contributed by atoms with van der Waals surface area (Å²) in [6.45, 7) is 0.604. The summed E-state index contributed by atoms with van der Waals surface area (Å²) >= 11 is 0. The molecule has 1 amide bonds. The van der Waals surface area contributed by atoms with E-state index in [0.29, 0.717) is 24.6 Å². The second kappa shape index (κ2) is 4.90. The summed E-state index contributed by atoms with van der Waals surface area (Å²) in [7, 11) is 3.67. The predicted molar refractivity (Wildman–Crippen MR) is 65.4 cm³/mol. The third-order valence-electron chi connectivity index (χ3n) is 3.52. The predicted octanol–water partition coefficient (Wildman–Crippen LogP) is 1.18. The first kappa shape index (κ1) is 12.1. The van der Waals surface area contributed by atoms with Gasteiger partial charge in [-0.15, -0.1) is 0 Å². The summed E-state index contributed by atoms with van der Waals surface area (Å²) in [4.78, 5) is 27.7. The van der Waals surface area contributed by atoms with Crippen LogP contribution in [0.25, 0.3) is 0 Å². The molecule has 1 aliphatic heterocycles. The SMILES string of the molecule is CN(C)/C=C1/C(=O)CCN(C2CCCC2)C1=O. The van der Waals surface area contributed by atoms with E-state index < -0.39 is 0 Å². The van der Waals surface area contributed by atoms with Gasteiger partial charge in [-0.05, 0) is 12.8 Å². The molecule has 4 heteroatoms. The van der Waals surface area contributed by atoms with Crippen molar-refractivity contribution in [2.45, 2.75) is 38.1 Å². The number of ketones is 1. The lowest BCUT2D eigenvalue weighted by Gasteiger charge is -2.33. The molecule has 1 saturated heterocycles. The van der Waals surface area contributed by atoms with Crippen LogP contribution in [0.5, 0.6) is 0 Å². The standard InChI is InChI=1S/C13H20N2O2/c1-14(2)9-11-12(16)7-8-15(13(11)17)10-5-3-4-6-10/h9-10H,3-8H2,1-2H3/b11-9-. The Bertz CT molecular complexity index is 354. The molecule has 0 spiro atoms. The lowest BCUT2D eigenvalue weighted by atomic mass is 10.0. The van der Waals surface area contributed by atoms with Gasteiger partial charge >= 0.3 is 0 Å². The fraction of sp³-hybridized carbons (Fsp3) is 0.692. The fourth-order valence-electron chi connectivity index (χ4n) is 2.68. The maximum absolute atomic E-state index is 12.3. The molecule has 4 nitrogen and oxygen atoms in total. The molecule has 0 unspecified atom stereocenters. The second-order valence-electron chi connectivity index (χ2n) is 5.12. The summed E-state index contributed by atoms with van der Waals surface area (Å²) in [6, 6.07) is 0.362. The quantitative estimate of drug-likeness (QED) is 0.534. The molecule has 0 N–H and O–H groups in total. The van der Waals surface area contributed by atoms with Crippen molar-refractivity contribution < 1.29 is 9.59 Å². The molecule has 2 rings (SSSR count). The lowest BCUT2D eigenvalue weighted by molar-refractivity contribution is -0.135. The molecule has 0 radical (unpaired) electrons. The Morgan fingerprint density at radius 2 is 1.88 bits per heavy atom. The van der Waals surface area contributed by atoms with Gasteiger partial charge in [0.1, 0.15) is 0 Å². The van der Waals surface area contributed by atoms with Crippen LogP contribution in [0.15, 0.2) is 11.8 Å².